The number of anilines is 1. The number of rotatable bonds is 5. The molecule has 0 aromatic heterocycles. The number of aldehydes is 1. The van der Waals surface area contributed by atoms with Crippen LogP contribution in [0.5, 0.6) is 0 Å². The Balaban J connectivity index is 1.82. The number of hydrogen-bond donors (Lipinski definition) is 3. The number of aliphatic hydroxyl groups is 1. The second kappa shape index (κ2) is 8.11. The number of nitrogens with one attached hydrogen (secondary N) is 2. The summed E-state index contributed by atoms with van der Waals surface area (Å²) in [6.45, 7) is 0. The van der Waals surface area contributed by atoms with E-state index in [-0.39, 0.29) is 11.8 Å². The predicted octanol–water partition coefficient (Wildman–Crippen LogP) is 5.07. The van der Waals surface area contributed by atoms with Crippen molar-refractivity contribution < 1.29 is 9.90 Å². The Kier molecular flexibility index (Phi) is 5.38. The van der Waals surface area contributed by atoms with Gasteiger partial charge in [0.05, 0.1) is 6.04 Å². The zero-order valence-corrected chi connectivity index (χ0v) is 16.6. The van der Waals surface area contributed by atoms with Gasteiger partial charge >= 0.3 is 0 Å². The molecule has 3 aromatic rings. The van der Waals surface area contributed by atoms with E-state index in [2.05, 4.69) is 22.8 Å². The standard InChI is InChI=1S/C24H21ClN2O2/c1-26-23(15-6-3-2-4-7-15)17-9-5-8-16(12-17)22-21(14-28)27-20-13-18(25)10-11-19(20)24(22)29/h2-14,21,23,26-27,29H,1H3. The lowest BCUT2D eigenvalue weighted by molar-refractivity contribution is -0.107. The molecule has 0 saturated carbocycles. The van der Waals surface area contributed by atoms with E-state index >= 15 is 0 Å². The minimum Gasteiger partial charge on any atom is -0.507 e. The maximum Gasteiger partial charge on any atom is 0.146 e. The third-order valence-electron chi connectivity index (χ3n) is 5.20. The van der Waals surface area contributed by atoms with E-state index < -0.39 is 6.04 Å². The van der Waals surface area contributed by atoms with Crippen molar-refractivity contribution in [2.75, 3.05) is 12.4 Å². The summed E-state index contributed by atoms with van der Waals surface area (Å²) >= 11 is 6.07. The summed E-state index contributed by atoms with van der Waals surface area (Å²) in [7, 11) is 1.91. The number of fused-ring (bicyclic) bond motifs is 1. The molecule has 3 N–H and O–H groups in total. The molecule has 5 heteroatoms. The van der Waals surface area contributed by atoms with Gasteiger partial charge in [-0.1, -0.05) is 60.1 Å². The second-order valence-corrected chi connectivity index (χ2v) is 7.40. The Hall–Kier alpha value is -3.08. The number of carbonyl (C=O) groups is 1. The van der Waals surface area contributed by atoms with Gasteiger partial charge in [-0.2, -0.15) is 0 Å². The summed E-state index contributed by atoms with van der Waals surface area (Å²) in [4.78, 5) is 11.8. The third kappa shape index (κ3) is 3.65. The fraction of sp³-hybridized carbons (Fsp3) is 0.125. The highest BCUT2D eigenvalue weighted by Gasteiger charge is 2.28. The highest BCUT2D eigenvalue weighted by Crippen LogP contribution is 2.38. The average molecular weight is 405 g/mol. The van der Waals surface area contributed by atoms with E-state index in [9.17, 15) is 9.90 Å². The first-order chi connectivity index (χ1) is 14.1. The molecule has 0 bridgehead atoms. The lowest BCUT2D eigenvalue weighted by Crippen LogP contribution is -2.28. The van der Waals surface area contributed by atoms with Gasteiger partial charge in [-0.3, -0.25) is 0 Å². The Morgan fingerprint density at radius 2 is 1.79 bits per heavy atom. The van der Waals surface area contributed by atoms with E-state index in [0.717, 1.165) is 23.0 Å². The molecule has 2 unspecified atom stereocenters. The van der Waals surface area contributed by atoms with E-state index in [1.807, 2.05) is 49.5 Å². The highest BCUT2D eigenvalue weighted by molar-refractivity contribution is 6.31. The van der Waals surface area contributed by atoms with Crippen molar-refractivity contribution in [1.29, 1.82) is 0 Å². The summed E-state index contributed by atoms with van der Waals surface area (Å²) in [5, 5.41) is 18.1. The molecule has 0 amide bonds. The van der Waals surface area contributed by atoms with Gasteiger partial charge in [-0.05, 0) is 48.0 Å². The van der Waals surface area contributed by atoms with Crippen molar-refractivity contribution in [3.05, 3.63) is 100 Å². The molecule has 0 aliphatic carbocycles. The van der Waals surface area contributed by atoms with Crippen molar-refractivity contribution in [3.63, 3.8) is 0 Å². The van der Waals surface area contributed by atoms with Crippen molar-refractivity contribution in [2.24, 2.45) is 0 Å². The first kappa shape index (κ1) is 19.2. The Labute approximate surface area is 174 Å². The quantitative estimate of drug-likeness (QED) is 0.520. The van der Waals surface area contributed by atoms with Crippen LogP contribution in [0, 0.1) is 0 Å². The predicted molar refractivity (Wildman–Crippen MR) is 118 cm³/mol. The summed E-state index contributed by atoms with van der Waals surface area (Å²) in [6, 6.07) is 22.6. The number of aliphatic hydroxyl groups excluding tert-OH is 1. The van der Waals surface area contributed by atoms with Gasteiger partial charge in [0, 0.05) is 21.8 Å². The molecule has 2 atom stereocenters. The van der Waals surface area contributed by atoms with E-state index in [0.29, 0.717) is 21.8 Å². The first-order valence-corrected chi connectivity index (χ1v) is 9.77. The topological polar surface area (TPSA) is 61.4 Å². The van der Waals surface area contributed by atoms with Crippen LogP contribution >= 0.6 is 11.6 Å². The van der Waals surface area contributed by atoms with Gasteiger partial charge in [0.2, 0.25) is 0 Å². The maximum absolute atomic E-state index is 11.8. The van der Waals surface area contributed by atoms with E-state index in [1.165, 1.54) is 0 Å². The molecule has 29 heavy (non-hydrogen) atoms. The van der Waals surface area contributed by atoms with Crippen molar-refractivity contribution >= 4 is 34.9 Å². The molecule has 1 heterocycles. The zero-order valence-electron chi connectivity index (χ0n) is 15.9. The summed E-state index contributed by atoms with van der Waals surface area (Å²) in [5.41, 5.74) is 4.80. The minimum atomic E-state index is -0.666. The summed E-state index contributed by atoms with van der Waals surface area (Å²) in [5.74, 6) is 0.0883. The zero-order chi connectivity index (χ0) is 20.4. The first-order valence-electron chi connectivity index (χ1n) is 9.40. The average Bonchev–Trinajstić information content (AvgIpc) is 2.75. The highest BCUT2D eigenvalue weighted by atomic mass is 35.5. The van der Waals surface area contributed by atoms with Gasteiger partial charge in [-0.25, -0.2) is 0 Å². The van der Waals surface area contributed by atoms with Gasteiger partial charge in [0.25, 0.3) is 0 Å². The van der Waals surface area contributed by atoms with Crippen LogP contribution < -0.4 is 10.6 Å². The molecule has 3 aromatic carbocycles. The fourth-order valence-electron chi connectivity index (χ4n) is 3.85. The van der Waals surface area contributed by atoms with Gasteiger partial charge in [-0.15, -0.1) is 0 Å². The minimum absolute atomic E-state index is 0.00350. The van der Waals surface area contributed by atoms with Crippen LogP contribution in [0.4, 0.5) is 5.69 Å². The third-order valence-corrected chi connectivity index (χ3v) is 5.44. The maximum atomic E-state index is 11.8. The molecular weight excluding hydrogens is 384 g/mol. The van der Waals surface area contributed by atoms with Gasteiger partial charge in [0.15, 0.2) is 0 Å². The van der Waals surface area contributed by atoms with Crippen LogP contribution in [0.3, 0.4) is 0 Å². The number of carbonyl (C=O) groups excluding carboxylic acids is 1. The number of hydrogen-bond acceptors (Lipinski definition) is 4. The van der Waals surface area contributed by atoms with Crippen molar-refractivity contribution in [2.45, 2.75) is 12.1 Å². The fourth-order valence-corrected chi connectivity index (χ4v) is 4.02. The number of halogens is 1. The number of benzene rings is 3. The molecule has 1 aliphatic rings. The van der Waals surface area contributed by atoms with Crippen molar-refractivity contribution in [1.82, 2.24) is 5.32 Å². The van der Waals surface area contributed by atoms with E-state index in [1.54, 1.807) is 18.2 Å². The van der Waals surface area contributed by atoms with Crippen LogP contribution in [0.1, 0.15) is 28.3 Å². The normalized spacial score (nSPS) is 16.7. The summed E-state index contributed by atoms with van der Waals surface area (Å²) in [6.07, 6.45) is 0.800. The van der Waals surface area contributed by atoms with Gasteiger partial charge < -0.3 is 20.5 Å². The smallest absolute Gasteiger partial charge is 0.146 e. The van der Waals surface area contributed by atoms with Crippen LogP contribution in [-0.2, 0) is 4.79 Å². The van der Waals surface area contributed by atoms with E-state index in [4.69, 9.17) is 11.6 Å². The largest absolute Gasteiger partial charge is 0.507 e. The molecular formula is C24H21ClN2O2. The van der Waals surface area contributed by atoms with Crippen molar-refractivity contribution in [3.8, 4) is 0 Å². The molecule has 146 valence electrons. The lowest BCUT2D eigenvalue weighted by Gasteiger charge is -2.27. The second-order valence-electron chi connectivity index (χ2n) is 6.97. The van der Waals surface area contributed by atoms with Crippen LogP contribution in [0.25, 0.3) is 11.3 Å². The molecule has 0 spiro atoms. The Bertz CT molecular complexity index is 1080. The Morgan fingerprint density at radius 1 is 1.03 bits per heavy atom. The van der Waals surface area contributed by atoms with Crippen LogP contribution in [0.2, 0.25) is 5.02 Å². The molecule has 0 radical (unpaired) electrons. The molecule has 4 rings (SSSR count). The monoisotopic (exact) mass is 404 g/mol. The molecule has 1 aliphatic heterocycles. The molecule has 4 nitrogen and oxygen atoms in total. The SMILES string of the molecule is CNC(c1ccccc1)c1cccc(C2=C(O)c3ccc(Cl)cc3NC2C=O)c1. The lowest BCUT2D eigenvalue weighted by atomic mass is 9.88. The van der Waals surface area contributed by atoms with Crippen LogP contribution in [0.15, 0.2) is 72.8 Å². The molecule has 0 fully saturated rings. The van der Waals surface area contributed by atoms with Gasteiger partial charge in [0.1, 0.15) is 18.1 Å². The Morgan fingerprint density at radius 3 is 2.52 bits per heavy atom. The summed E-state index contributed by atoms with van der Waals surface area (Å²) < 4.78 is 0. The molecule has 0 saturated heterocycles. The van der Waals surface area contributed by atoms with Crippen LogP contribution in [-0.4, -0.2) is 24.5 Å².